The van der Waals surface area contributed by atoms with E-state index in [9.17, 15) is 22.8 Å². The van der Waals surface area contributed by atoms with Gasteiger partial charge in [0.25, 0.3) is 5.91 Å². The first kappa shape index (κ1) is 28.1. The zero-order valence-corrected chi connectivity index (χ0v) is 23.1. The highest BCUT2D eigenvalue weighted by atomic mass is 35.5. The van der Waals surface area contributed by atoms with E-state index in [4.69, 9.17) is 4.74 Å². The predicted octanol–water partition coefficient (Wildman–Crippen LogP) is 2.75. The lowest BCUT2D eigenvalue weighted by Crippen LogP contribution is -2.43. The van der Waals surface area contributed by atoms with Gasteiger partial charge in [0.2, 0.25) is 11.8 Å². The summed E-state index contributed by atoms with van der Waals surface area (Å²) < 4.78 is 30.7. The average Bonchev–Trinajstić information content (AvgIpc) is 3.46. The van der Waals surface area contributed by atoms with Crippen LogP contribution in [0.2, 0.25) is 0 Å². The van der Waals surface area contributed by atoms with Crippen molar-refractivity contribution in [3.8, 4) is 0 Å². The molecule has 3 heterocycles. The van der Waals surface area contributed by atoms with Gasteiger partial charge in [-0.3, -0.25) is 29.1 Å². The molecule has 0 saturated carbocycles. The monoisotopic (exact) mass is 578 g/mol. The number of anilines is 2. The molecule has 0 atom stereocenters. The molecular formula is C25H27ClN4O6S2. The number of nitrogens with zero attached hydrogens (tertiary/aromatic N) is 4. The van der Waals surface area contributed by atoms with Crippen LogP contribution in [0, 0.1) is 0 Å². The largest absolute Gasteiger partial charge is 0.379 e. The van der Waals surface area contributed by atoms with E-state index in [0.717, 1.165) is 24.2 Å². The van der Waals surface area contributed by atoms with Crippen molar-refractivity contribution >= 4 is 72.3 Å². The van der Waals surface area contributed by atoms with Gasteiger partial charge in [0.1, 0.15) is 5.52 Å². The Morgan fingerprint density at radius 3 is 2.34 bits per heavy atom. The number of thiazole rings is 1. The Bertz CT molecular complexity index is 1450. The highest BCUT2D eigenvalue weighted by Gasteiger charge is 2.31. The average molecular weight is 579 g/mol. The molecule has 0 radical (unpaired) electrons. The lowest BCUT2D eigenvalue weighted by molar-refractivity contribution is -0.121. The van der Waals surface area contributed by atoms with Crippen molar-refractivity contribution in [2.24, 2.45) is 0 Å². The number of amides is 3. The van der Waals surface area contributed by atoms with Gasteiger partial charge in [0.05, 0.1) is 28.5 Å². The number of fused-ring (bicyclic) bond motifs is 1. The van der Waals surface area contributed by atoms with Crippen molar-refractivity contribution in [3.63, 3.8) is 0 Å². The number of aromatic nitrogens is 1. The maximum atomic E-state index is 13.7. The second kappa shape index (κ2) is 11.5. The number of carbonyl (C=O) groups excluding carboxylic acids is 3. The summed E-state index contributed by atoms with van der Waals surface area (Å²) in [7, 11) is -3.51. The summed E-state index contributed by atoms with van der Waals surface area (Å²) in [5, 5.41) is 0.401. The van der Waals surface area contributed by atoms with E-state index in [-0.39, 0.29) is 47.9 Å². The summed E-state index contributed by atoms with van der Waals surface area (Å²) in [5.74, 6) is -0.821. The number of imide groups is 1. The Balaban J connectivity index is 0.00000336. The SMILES string of the molecule is CS(=O)(=O)c1cccc2sc(N(CCN3CCOCC3)C(=O)c3ccc(N4C(=O)CCC4=O)cc3)nc12.Cl. The number of ether oxygens (including phenoxy) is 1. The van der Waals surface area contributed by atoms with E-state index in [2.05, 4.69) is 9.88 Å². The van der Waals surface area contributed by atoms with Crippen molar-refractivity contribution in [2.45, 2.75) is 17.7 Å². The molecule has 10 nitrogen and oxygen atoms in total. The van der Waals surface area contributed by atoms with Crippen molar-refractivity contribution in [1.29, 1.82) is 0 Å². The number of sulfone groups is 1. The van der Waals surface area contributed by atoms with Gasteiger partial charge in [-0.1, -0.05) is 17.4 Å². The Hall–Kier alpha value is -2.90. The van der Waals surface area contributed by atoms with Gasteiger partial charge < -0.3 is 4.74 Å². The molecule has 3 amide bonds. The quantitative estimate of drug-likeness (QED) is 0.393. The van der Waals surface area contributed by atoms with Gasteiger partial charge in [-0.15, -0.1) is 12.4 Å². The molecule has 0 aliphatic carbocycles. The number of morpholine rings is 1. The van der Waals surface area contributed by atoms with Gasteiger partial charge in [-0.2, -0.15) is 0 Å². The van der Waals surface area contributed by atoms with E-state index in [1.807, 2.05) is 0 Å². The minimum atomic E-state index is -3.51. The van der Waals surface area contributed by atoms with Crippen LogP contribution in [0.3, 0.4) is 0 Å². The van der Waals surface area contributed by atoms with Crippen LogP contribution >= 0.6 is 23.7 Å². The van der Waals surface area contributed by atoms with E-state index in [1.54, 1.807) is 41.3 Å². The molecule has 0 spiro atoms. The fraction of sp³-hybridized carbons (Fsp3) is 0.360. The zero-order chi connectivity index (χ0) is 26.2. The first-order chi connectivity index (χ1) is 17.7. The number of hydrogen-bond donors (Lipinski definition) is 0. The smallest absolute Gasteiger partial charge is 0.260 e. The summed E-state index contributed by atoms with van der Waals surface area (Å²) in [6, 6.07) is 11.3. The third-order valence-corrected chi connectivity index (χ3v) is 8.59. The highest BCUT2D eigenvalue weighted by Crippen LogP contribution is 2.33. The number of hydrogen-bond acceptors (Lipinski definition) is 9. The molecule has 2 fully saturated rings. The molecule has 13 heteroatoms. The van der Waals surface area contributed by atoms with Crippen LogP contribution in [0.15, 0.2) is 47.4 Å². The van der Waals surface area contributed by atoms with Gasteiger partial charge in [-0.25, -0.2) is 13.4 Å². The molecule has 2 aromatic carbocycles. The molecule has 5 rings (SSSR count). The van der Waals surface area contributed by atoms with Gasteiger partial charge in [0, 0.05) is 50.8 Å². The first-order valence-corrected chi connectivity index (χ1v) is 14.6. The van der Waals surface area contributed by atoms with Gasteiger partial charge in [-0.05, 0) is 36.4 Å². The number of benzene rings is 2. The van der Waals surface area contributed by atoms with Crippen molar-refractivity contribution in [2.75, 3.05) is 55.4 Å². The number of carbonyl (C=O) groups is 3. The molecule has 38 heavy (non-hydrogen) atoms. The normalized spacial score (nSPS) is 16.6. The molecule has 0 unspecified atom stereocenters. The van der Waals surface area contributed by atoms with Crippen molar-refractivity contribution in [1.82, 2.24) is 9.88 Å². The van der Waals surface area contributed by atoms with Crippen LogP contribution in [-0.4, -0.2) is 81.7 Å². The van der Waals surface area contributed by atoms with Crippen molar-refractivity contribution < 1.29 is 27.5 Å². The number of halogens is 1. The topological polar surface area (TPSA) is 117 Å². The summed E-state index contributed by atoms with van der Waals surface area (Å²) in [4.78, 5) is 47.5. The maximum Gasteiger partial charge on any atom is 0.260 e. The first-order valence-electron chi connectivity index (χ1n) is 11.9. The molecule has 1 aromatic heterocycles. The molecule has 202 valence electrons. The van der Waals surface area contributed by atoms with Crippen LogP contribution < -0.4 is 9.80 Å². The molecule has 2 aliphatic heterocycles. The van der Waals surface area contributed by atoms with E-state index < -0.39 is 9.84 Å². The molecule has 0 N–H and O–H groups in total. The van der Waals surface area contributed by atoms with Crippen LogP contribution in [0.25, 0.3) is 10.2 Å². The summed E-state index contributed by atoms with van der Waals surface area (Å²) in [5.41, 5.74) is 1.14. The van der Waals surface area contributed by atoms with Crippen LogP contribution in [0.4, 0.5) is 10.8 Å². The number of para-hydroxylation sites is 1. The van der Waals surface area contributed by atoms with E-state index >= 15 is 0 Å². The fourth-order valence-electron chi connectivity index (χ4n) is 4.45. The van der Waals surface area contributed by atoms with E-state index in [0.29, 0.717) is 52.9 Å². The van der Waals surface area contributed by atoms with E-state index in [1.165, 1.54) is 17.4 Å². The molecule has 0 bridgehead atoms. The Morgan fingerprint density at radius 1 is 1.05 bits per heavy atom. The summed E-state index contributed by atoms with van der Waals surface area (Å²) in [6.45, 7) is 3.71. The Kier molecular flexibility index (Phi) is 8.48. The third-order valence-electron chi connectivity index (χ3n) is 6.41. The minimum Gasteiger partial charge on any atom is -0.379 e. The molecule has 2 saturated heterocycles. The summed E-state index contributed by atoms with van der Waals surface area (Å²) >= 11 is 1.26. The second-order valence-electron chi connectivity index (χ2n) is 8.95. The summed E-state index contributed by atoms with van der Waals surface area (Å²) in [6.07, 6.45) is 1.50. The fourth-order valence-corrected chi connectivity index (χ4v) is 6.36. The third kappa shape index (κ3) is 5.74. The predicted molar refractivity (Wildman–Crippen MR) is 147 cm³/mol. The van der Waals surface area contributed by atoms with Gasteiger partial charge >= 0.3 is 0 Å². The van der Waals surface area contributed by atoms with Gasteiger partial charge in [0.15, 0.2) is 15.0 Å². The molecule has 2 aliphatic rings. The lowest BCUT2D eigenvalue weighted by Gasteiger charge is -2.29. The minimum absolute atomic E-state index is 0. The van der Waals surface area contributed by atoms with Crippen LogP contribution in [-0.2, 0) is 24.2 Å². The molecule has 3 aromatic rings. The Morgan fingerprint density at radius 2 is 1.71 bits per heavy atom. The van der Waals surface area contributed by atoms with Crippen LogP contribution in [0.5, 0.6) is 0 Å². The van der Waals surface area contributed by atoms with Crippen LogP contribution in [0.1, 0.15) is 23.2 Å². The Labute approximate surface area is 230 Å². The highest BCUT2D eigenvalue weighted by molar-refractivity contribution is 7.91. The lowest BCUT2D eigenvalue weighted by atomic mass is 10.1. The standard InChI is InChI=1S/C25H26N4O6S2.ClH/c1-37(33,34)20-4-2-3-19-23(20)26-25(36-19)28(12-11-27-13-15-35-16-14-27)24(32)17-5-7-18(8-6-17)29-21(30)9-10-22(29)31;/h2-8H,9-16H2,1H3;1H. The maximum absolute atomic E-state index is 13.7. The van der Waals surface area contributed by atoms with Crippen molar-refractivity contribution in [3.05, 3.63) is 48.0 Å². The second-order valence-corrected chi connectivity index (χ2v) is 11.9. The zero-order valence-electron chi connectivity index (χ0n) is 20.7. The number of rotatable bonds is 7. The molecular weight excluding hydrogens is 552 g/mol.